The Morgan fingerprint density at radius 2 is 2.12 bits per heavy atom. The lowest BCUT2D eigenvalue weighted by atomic mass is 10.0. The van der Waals surface area contributed by atoms with Gasteiger partial charge in [-0.15, -0.1) is 0 Å². The predicted octanol–water partition coefficient (Wildman–Crippen LogP) is 0.642. The molecule has 0 rings (SSSR count). The standard InChI is InChI=1S/C11H23N3O3/c1-5-9(10(12)13-16)11(15)14(6-2)8(3)7-17-4/h8-9,16H,5-7H2,1-4H3,(H2,12,13). The normalized spacial score (nSPS) is 15.4. The van der Waals surface area contributed by atoms with Gasteiger partial charge in [-0.1, -0.05) is 12.1 Å². The molecule has 3 N–H and O–H groups in total. The fraction of sp³-hybridized carbons (Fsp3) is 0.818. The Hall–Kier alpha value is -1.30. The molecular formula is C11H23N3O3. The van der Waals surface area contributed by atoms with E-state index in [4.69, 9.17) is 15.7 Å². The minimum absolute atomic E-state index is 0.0296. The second kappa shape index (κ2) is 7.89. The Morgan fingerprint density at radius 3 is 2.47 bits per heavy atom. The van der Waals surface area contributed by atoms with E-state index in [0.29, 0.717) is 19.6 Å². The molecule has 0 aromatic rings. The van der Waals surface area contributed by atoms with Crippen molar-refractivity contribution in [3.8, 4) is 0 Å². The number of hydrogen-bond donors (Lipinski definition) is 2. The summed E-state index contributed by atoms with van der Waals surface area (Å²) in [6.07, 6.45) is 0.505. The quantitative estimate of drug-likeness (QED) is 0.298. The highest BCUT2D eigenvalue weighted by Crippen LogP contribution is 2.11. The van der Waals surface area contributed by atoms with Gasteiger partial charge in [-0.2, -0.15) is 0 Å². The van der Waals surface area contributed by atoms with Crippen LogP contribution in [0, 0.1) is 5.92 Å². The van der Waals surface area contributed by atoms with E-state index in [1.807, 2.05) is 20.8 Å². The van der Waals surface area contributed by atoms with Crippen LogP contribution in [0.4, 0.5) is 0 Å². The predicted molar refractivity (Wildman–Crippen MR) is 65.9 cm³/mol. The van der Waals surface area contributed by atoms with Crippen molar-refractivity contribution < 1.29 is 14.7 Å². The molecule has 0 aliphatic heterocycles. The summed E-state index contributed by atoms with van der Waals surface area (Å²) in [4.78, 5) is 13.9. The van der Waals surface area contributed by atoms with E-state index in [2.05, 4.69) is 5.16 Å². The number of rotatable bonds is 7. The molecule has 1 amide bonds. The molecule has 0 aromatic heterocycles. The summed E-state index contributed by atoms with van der Waals surface area (Å²) in [5, 5.41) is 11.6. The van der Waals surface area contributed by atoms with Crippen LogP contribution in [0.25, 0.3) is 0 Å². The van der Waals surface area contributed by atoms with Crippen LogP contribution in [0.3, 0.4) is 0 Å². The van der Waals surface area contributed by atoms with Crippen LogP contribution in [-0.4, -0.2) is 48.2 Å². The number of oxime groups is 1. The molecule has 17 heavy (non-hydrogen) atoms. The van der Waals surface area contributed by atoms with Crippen molar-refractivity contribution in [2.45, 2.75) is 33.2 Å². The maximum Gasteiger partial charge on any atom is 0.233 e. The number of methoxy groups -OCH3 is 1. The molecule has 0 aliphatic carbocycles. The van der Waals surface area contributed by atoms with Crippen molar-refractivity contribution in [1.29, 1.82) is 0 Å². The fourth-order valence-corrected chi connectivity index (χ4v) is 1.80. The van der Waals surface area contributed by atoms with Crippen LogP contribution >= 0.6 is 0 Å². The largest absolute Gasteiger partial charge is 0.409 e. The Kier molecular flexibility index (Phi) is 7.29. The fourth-order valence-electron chi connectivity index (χ4n) is 1.80. The average Bonchev–Trinajstić information content (AvgIpc) is 2.31. The van der Waals surface area contributed by atoms with Gasteiger partial charge < -0.3 is 20.6 Å². The Labute approximate surface area is 102 Å². The van der Waals surface area contributed by atoms with E-state index in [9.17, 15) is 4.79 Å². The summed E-state index contributed by atoms with van der Waals surface area (Å²) < 4.78 is 5.03. The van der Waals surface area contributed by atoms with Crippen LogP contribution in [0.15, 0.2) is 5.16 Å². The van der Waals surface area contributed by atoms with Gasteiger partial charge in [0, 0.05) is 13.7 Å². The van der Waals surface area contributed by atoms with Gasteiger partial charge >= 0.3 is 0 Å². The second-order valence-corrected chi connectivity index (χ2v) is 3.91. The van der Waals surface area contributed by atoms with Crippen LogP contribution < -0.4 is 5.73 Å². The first-order chi connectivity index (χ1) is 8.03. The van der Waals surface area contributed by atoms with Crippen LogP contribution in [0.2, 0.25) is 0 Å². The molecule has 0 radical (unpaired) electrons. The number of amides is 1. The number of hydrogen-bond acceptors (Lipinski definition) is 4. The monoisotopic (exact) mass is 245 g/mol. The van der Waals surface area contributed by atoms with Crippen molar-refractivity contribution in [2.24, 2.45) is 16.8 Å². The van der Waals surface area contributed by atoms with Gasteiger partial charge in [-0.3, -0.25) is 4.79 Å². The topological polar surface area (TPSA) is 88.2 Å². The highest BCUT2D eigenvalue weighted by Gasteiger charge is 2.28. The molecule has 0 fully saturated rings. The summed E-state index contributed by atoms with van der Waals surface area (Å²) in [6.45, 7) is 6.66. The van der Waals surface area contributed by atoms with Crippen molar-refractivity contribution in [1.82, 2.24) is 4.90 Å². The molecule has 0 bridgehead atoms. The SMILES string of the molecule is CCC(C(=O)N(CC)C(C)COC)C(N)=NO. The van der Waals surface area contributed by atoms with E-state index < -0.39 is 5.92 Å². The van der Waals surface area contributed by atoms with E-state index in [1.165, 1.54) is 0 Å². The van der Waals surface area contributed by atoms with Gasteiger partial charge in [0.25, 0.3) is 0 Å². The van der Waals surface area contributed by atoms with Gasteiger partial charge in [0.2, 0.25) is 5.91 Å². The molecule has 6 heteroatoms. The lowest BCUT2D eigenvalue weighted by Gasteiger charge is -2.30. The Morgan fingerprint density at radius 1 is 1.53 bits per heavy atom. The third-order valence-corrected chi connectivity index (χ3v) is 2.74. The zero-order valence-electron chi connectivity index (χ0n) is 11.0. The highest BCUT2D eigenvalue weighted by atomic mass is 16.5. The minimum Gasteiger partial charge on any atom is -0.409 e. The summed E-state index contributed by atoms with van der Waals surface area (Å²) in [5.74, 6) is -0.741. The Bertz CT molecular complexity index is 269. The molecule has 0 saturated carbocycles. The third-order valence-electron chi connectivity index (χ3n) is 2.74. The van der Waals surface area contributed by atoms with Gasteiger partial charge in [-0.05, 0) is 20.3 Å². The average molecular weight is 245 g/mol. The number of carbonyl (C=O) groups is 1. The zero-order valence-corrected chi connectivity index (χ0v) is 11.0. The number of ether oxygens (including phenoxy) is 1. The molecule has 0 aliphatic rings. The summed E-state index contributed by atoms with van der Waals surface area (Å²) in [6, 6.07) is -0.0296. The van der Waals surface area contributed by atoms with Crippen molar-refractivity contribution in [3.63, 3.8) is 0 Å². The summed E-state index contributed by atoms with van der Waals surface area (Å²) >= 11 is 0. The Balaban J connectivity index is 4.83. The van der Waals surface area contributed by atoms with Gasteiger partial charge in [0.05, 0.1) is 18.6 Å². The lowest BCUT2D eigenvalue weighted by Crippen LogP contribution is -2.47. The zero-order chi connectivity index (χ0) is 13.4. The molecule has 2 atom stereocenters. The van der Waals surface area contributed by atoms with Crippen LogP contribution in [0.1, 0.15) is 27.2 Å². The van der Waals surface area contributed by atoms with E-state index in [1.54, 1.807) is 12.0 Å². The lowest BCUT2D eigenvalue weighted by molar-refractivity contribution is -0.136. The maximum atomic E-state index is 12.2. The van der Waals surface area contributed by atoms with E-state index >= 15 is 0 Å². The third kappa shape index (κ3) is 4.22. The molecule has 0 heterocycles. The molecule has 100 valence electrons. The second-order valence-electron chi connectivity index (χ2n) is 3.91. The van der Waals surface area contributed by atoms with Crippen LogP contribution in [0.5, 0.6) is 0 Å². The highest BCUT2D eigenvalue weighted by molar-refractivity contribution is 6.02. The molecule has 2 unspecified atom stereocenters. The smallest absolute Gasteiger partial charge is 0.233 e. The van der Waals surface area contributed by atoms with Crippen LogP contribution in [-0.2, 0) is 9.53 Å². The maximum absolute atomic E-state index is 12.2. The van der Waals surface area contributed by atoms with E-state index in [-0.39, 0.29) is 17.8 Å². The molecule has 6 nitrogen and oxygen atoms in total. The summed E-state index contributed by atoms with van der Waals surface area (Å²) in [7, 11) is 1.59. The number of likely N-dealkylation sites (N-methyl/N-ethyl adjacent to an activating group) is 1. The first kappa shape index (κ1) is 15.7. The molecule has 0 spiro atoms. The van der Waals surface area contributed by atoms with Gasteiger partial charge in [-0.25, -0.2) is 0 Å². The molecule has 0 saturated heterocycles. The molecular weight excluding hydrogens is 222 g/mol. The minimum atomic E-state index is -0.570. The number of amidine groups is 1. The number of nitrogens with two attached hydrogens (primary N) is 1. The van der Waals surface area contributed by atoms with Gasteiger partial charge in [0.1, 0.15) is 0 Å². The van der Waals surface area contributed by atoms with Crippen molar-refractivity contribution in [3.05, 3.63) is 0 Å². The first-order valence-corrected chi connectivity index (χ1v) is 5.80. The number of carbonyl (C=O) groups excluding carboxylic acids is 1. The van der Waals surface area contributed by atoms with E-state index in [0.717, 1.165) is 0 Å². The van der Waals surface area contributed by atoms with Crippen molar-refractivity contribution in [2.75, 3.05) is 20.3 Å². The number of nitrogens with zero attached hydrogens (tertiary/aromatic N) is 2. The first-order valence-electron chi connectivity index (χ1n) is 5.80. The molecule has 0 aromatic carbocycles. The summed E-state index contributed by atoms with van der Waals surface area (Å²) in [5.41, 5.74) is 5.52. The van der Waals surface area contributed by atoms with Crippen molar-refractivity contribution >= 4 is 11.7 Å². The van der Waals surface area contributed by atoms with Gasteiger partial charge in [0.15, 0.2) is 5.84 Å².